The Hall–Kier alpha value is -2.96. The maximum atomic E-state index is 12.5. The zero-order valence-electron chi connectivity index (χ0n) is 15.6. The molecule has 1 amide bonds. The SMILES string of the molecule is CN(C(=O)CCn1cnc2c(cnn2C)c1=O)C1CC(c2ccccc2)C1. The van der Waals surface area contributed by atoms with Gasteiger partial charge in [0.2, 0.25) is 5.91 Å². The van der Waals surface area contributed by atoms with E-state index in [1.54, 1.807) is 11.7 Å². The number of carbonyl (C=O) groups is 1. The number of hydrogen-bond donors (Lipinski definition) is 0. The number of fused-ring (bicyclic) bond motifs is 1. The lowest BCUT2D eigenvalue weighted by atomic mass is 9.75. The summed E-state index contributed by atoms with van der Waals surface area (Å²) >= 11 is 0. The number of aromatic nitrogens is 4. The highest BCUT2D eigenvalue weighted by Crippen LogP contribution is 2.39. The van der Waals surface area contributed by atoms with Gasteiger partial charge in [-0.05, 0) is 24.3 Å². The van der Waals surface area contributed by atoms with Gasteiger partial charge in [0.1, 0.15) is 5.39 Å². The predicted molar refractivity (Wildman–Crippen MR) is 102 cm³/mol. The van der Waals surface area contributed by atoms with Gasteiger partial charge in [0.25, 0.3) is 5.56 Å². The minimum atomic E-state index is -0.156. The van der Waals surface area contributed by atoms with Gasteiger partial charge in [0.15, 0.2) is 5.65 Å². The summed E-state index contributed by atoms with van der Waals surface area (Å²) in [6, 6.07) is 10.7. The van der Waals surface area contributed by atoms with Gasteiger partial charge in [0, 0.05) is 33.1 Å². The Morgan fingerprint density at radius 1 is 1.26 bits per heavy atom. The number of benzene rings is 1. The molecule has 0 spiro atoms. The summed E-state index contributed by atoms with van der Waals surface area (Å²) in [4.78, 5) is 31.1. The quantitative estimate of drug-likeness (QED) is 0.692. The molecule has 0 atom stereocenters. The number of rotatable bonds is 5. The van der Waals surface area contributed by atoms with Crippen molar-refractivity contribution in [2.45, 2.75) is 37.8 Å². The molecule has 1 aliphatic carbocycles. The van der Waals surface area contributed by atoms with Crippen molar-refractivity contribution in [3.05, 3.63) is 58.8 Å². The smallest absolute Gasteiger partial charge is 0.264 e. The van der Waals surface area contributed by atoms with E-state index in [0.29, 0.717) is 23.5 Å². The first-order valence-electron chi connectivity index (χ1n) is 9.22. The highest BCUT2D eigenvalue weighted by molar-refractivity contribution is 5.76. The fraction of sp³-hybridized carbons (Fsp3) is 0.400. The second-order valence-electron chi connectivity index (χ2n) is 7.24. The van der Waals surface area contributed by atoms with Crippen molar-refractivity contribution in [1.29, 1.82) is 0 Å². The number of carbonyl (C=O) groups excluding carboxylic acids is 1. The van der Waals surface area contributed by atoms with E-state index in [1.807, 2.05) is 18.0 Å². The molecule has 140 valence electrons. The van der Waals surface area contributed by atoms with Crippen LogP contribution >= 0.6 is 0 Å². The Kier molecular flexibility index (Phi) is 4.51. The molecule has 0 bridgehead atoms. The molecule has 2 aromatic heterocycles. The van der Waals surface area contributed by atoms with Crippen LogP contribution in [-0.4, -0.2) is 43.2 Å². The fourth-order valence-electron chi connectivity index (χ4n) is 3.72. The molecule has 0 N–H and O–H groups in total. The molecule has 0 saturated heterocycles. The third-order valence-electron chi connectivity index (χ3n) is 5.61. The van der Waals surface area contributed by atoms with Gasteiger partial charge in [0.05, 0.1) is 12.5 Å². The molecule has 2 heterocycles. The summed E-state index contributed by atoms with van der Waals surface area (Å²) in [5.74, 6) is 0.593. The normalized spacial score (nSPS) is 19.0. The first kappa shape index (κ1) is 17.5. The molecule has 1 saturated carbocycles. The summed E-state index contributed by atoms with van der Waals surface area (Å²) in [5.41, 5.74) is 1.74. The van der Waals surface area contributed by atoms with E-state index in [2.05, 4.69) is 34.3 Å². The number of nitrogens with zero attached hydrogens (tertiary/aromatic N) is 5. The fourth-order valence-corrected chi connectivity index (χ4v) is 3.72. The van der Waals surface area contributed by atoms with E-state index in [4.69, 9.17) is 0 Å². The standard InChI is InChI=1S/C20H23N5O2/c1-23(16-10-15(11-16)14-6-4-3-5-7-14)18(26)8-9-25-13-21-19-17(20(25)27)12-22-24(19)2/h3-7,12-13,15-16H,8-11H2,1-2H3. The van der Waals surface area contributed by atoms with Crippen LogP contribution in [0.3, 0.4) is 0 Å². The van der Waals surface area contributed by atoms with E-state index in [-0.39, 0.29) is 23.9 Å². The van der Waals surface area contributed by atoms with Gasteiger partial charge in [-0.3, -0.25) is 18.8 Å². The molecule has 0 aliphatic heterocycles. The van der Waals surface area contributed by atoms with E-state index in [9.17, 15) is 9.59 Å². The first-order valence-corrected chi connectivity index (χ1v) is 9.22. The summed E-state index contributed by atoms with van der Waals surface area (Å²) in [7, 11) is 3.61. The second-order valence-corrected chi connectivity index (χ2v) is 7.24. The maximum absolute atomic E-state index is 12.5. The van der Waals surface area contributed by atoms with Crippen LogP contribution in [0.4, 0.5) is 0 Å². The van der Waals surface area contributed by atoms with Crippen LogP contribution in [0.5, 0.6) is 0 Å². The largest absolute Gasteiger partial charge is 0.343 e. The Morgan fingerprint density at radius 2 is 2.00 bits per heavy atom. The minimum absolute atomic E-state index is 0.0599. The van der Waals surface area contributed by atoms with Gasteiger partial charge in [-0.15, -0.1) is 0 Å². The molecule has 27 heavy (non-hydrogen) atoms. The Labute approximate surface area is 157 Å². The highest BCUT2D eigenvalue weighted by Gasteiger charge is 2.34. The molecule has 7 heteroatoms. The van der Waals surface area contributed by atoms with Crippen LogP contribution in [0.15, 0.2) is 47.7 Å². The van der Waals surface area contributed by atoms with Gasteiger partial charge < -0.3 is 4.90 Å². The Morgan fingerprint density at radius 3 is 2.74 bits per heavy atom. The van der Waals surface area contributed by atoms with E-state index in [1.165, 1.54) is 22.7 Å². The Balaban J connectivity index is 1.35. The number of hydrogen-bond acceptors (Lipinski definition) is 4. The molecule has 0 unspecified atom stereocenters. The van der Waals surface area contributed by atoms with Gasteiger partial charge in [-0.25, -0.2) is 4.98 Å². The van der Waals surface area contributed by atoms with Gasteiger partial charge in [-0.1, -0.05) is 30.3 Å². The number of aryl methyl sites for hydroxylation is 2. The lowest BCUT2D eigenvalue weighted by Gasteiger charge is -2.41. The third kappa shape index (κ3) is 3.25. The van der Waals surface area contributed by atoms with Crippen molar-refractivity contribution in [3.8, 4) is 0 Å². The summed E-state index contributed by atoms with van der Waals surface area (Å²) < 4.78 is 3.06. The predicted octanol–water partition coefficient (Wildman–Crippen LogP) is 1.92. The third-order valence-corrected chi connectivity index (χ3v) is 5.61. The molecule has 1 aromatic carbocycles. The average molecular weight is 365 g/mol. The summed E-state index contributed by atoms with van der Waals surface area (Å²) in [5, 5.41) is 4.54. The van der Waals surface area contributed by atoms with Crippen LogP contribution in [0, 0.1) is 0 Å². The average Bonchev–Trinajstić information content (AvgIpc) is 3.02. The lowest BCUT2D eigenvalue weighted by molar-refractivity contribution is -0.134. The van der Waals surface area contributed by atoms with Crippen molar-refractivity contribution in [2.24, 2.45) is 7.05 Å². The second kappa shape index (κ2) is 6.98. The Bertz CT molecular complexity index is 1020. The zero-order valence-corrected chi connectivity index (χ0v) is 15.6. The molecular formula is C20H23N5O2. The summed E-state index contributed by atoms with van der Waals surface area (Å²) in [6.07, 6.45) is 5.29. The molecule has 7 nitrogen and oxygen atoms in total. The lowest BCUT2D eigenvalue weighted by Crippen LogP contribution is -2.45. The highest BCUT2D eigenvalue weighted by atomic mass is 16.2. The van der Waals surface area contributed by atoms with Crippen molar-refractivity contribution in [3.63, 3.8) is 0 Å². The van der Waals surface area contributed by atoms with Gasteiger partial charge >= 0.3 is 0 Å². The van der Waals surface area contributed by atoms with Crippen LogP contribution in [0.2, 0.25) is 0 Å². The molecule has 0 radical (unpaired) electrons. The van der Waals surface area contributed by atoms with Crippen molar-refractivity contribution >= 4 is 16.9 Å². The number of amides is 1. The minimum Gasteiger partial charge on any atom is -0.343 e. The molecule has 3 aromatic rings. The molecule has 1 aliphatic rings. The van der Waals surface area contributed by atoms with E-state index < -0.39 is 0 Å². The topological polar surface area (TPSA) is 73.0 Å². The monoisotopic (exact) mass is 365 g/mol. The van der Waals surface area contributed by atoms with E-state index >= 15 is 0 Å². The van der Waals surface area contributed by atoms with E-state index in [0.717, 1.165) is 12.8 Å². The van der Waals surface area contributed by atoms with Crippen LogP contribution in [0.25, 0.3) is 11.0 Å². The van der Waals surface area contributed by atoms with Crippen molar-refractivity contribution in [1.82, 2.24) is 24.2 Å². The van der Waals surface area contributed by atoms with Gasteiger partial charge in [-0.2, -0.15) is 5.10 Å². The molecule has 1 fully saturated rings. The van der Waals surface area contributed by atoms with Crippen molar-refractivity contribution in [2.75, 3.05) is 7.05 Å². The van der Waals surface area contributed by atoms with Crippen molar-refractivity contribution < 1.29 is 4.79 Å². The summed E-state index contributed by atoms with van der Waals surface area (Å²) in [6.45, 7) is 0.328. The maximum Gasteiger partial charge on any atom is 0.264 e. The molecule has 4 rings (SSSR count). The van der Waals surface area contributed by atoms with Crippen LogP contribution in [0.1, 0.15) is 30.7 Å². The zero-order chi connectivity index (χ0) is 19.0. The first-order chi connectivity index (χ1) is 13.0. The molecular weight excluding hydrogens is 342 g/mol. The van der Waals surface area contributed by atoms with Crippen LogP contribution < -0.4 is 5.56 Å². The van der Waals surface area contributed by atoms with Crippen LogP contribution in [-0.2, 0) is 18.4 Å².